The third kappa shape index (κ3) is 4.22. The van der Waals surface area contributed by atoms with Gasteiger partial charge in [0.15, 0.2) is 0 Å². The van der Waals surface area contributed by atoms with Crippen molar-refractivity contribution >= 4 is 0 Å². The molecule has 1 saturated heterocycles. The summed E-state index contributed by atoms with van der Waals surface area (Å²) < 4.78 is 5.21. The monoisotopic (exact) mass is 262 g/mol. The predicted molar refractivity (Wildman–Crippen MR) is 79.5 cm³/mol. The molecule has 1 fully saturated rings. The molecule has 0 bridgehead atoms. The van der Waals surface area contributed by atoms with Gasteiger partial charge in [-0.3, -0.25) is 4.90 Å². The lowest BCUT2D eigenvalue weighted by Gasteiger charge is -2.30. The number of methoxy groups -OCH3 is 1. The van der Waals surface area contributed by atoms with Gasteiger partial charge >= 0.3 is 0 Å². The van der Waals surface area contributed by atoms with Gasteiger partial charge in [-0.1, -0.05) is 26.0 Å². The van der Waals surface area contributed by atoms with Gasteiger partial charge in [0.1, 0.15) is 5.75 Å². The van der Waals surface area contributed by atoms with Crippen molar-refractivity contribution in [2.24, 2.45) is 5.92 Å². The minimum Gasteiger partial charge on any atom is -0.497 e. The van der Waals surface area contributed by atoms with Gasteiger partial charge in [0.05, 0.1) is 7.11 Å². The summed E-state index contributed by atoms with van der Waals surface area (Å²) in [5.41, 5.74) is 1.37. The third-order valence-corrected chi connectivity index (χ3v) is 3.70. The molecular formula is C16H26N2O. The van der Waals surface area contributed by atoms with Crippen molar-refractivity contribution in [2.75, 3.05) is 26.7 Å². The molecule has 106 valence electrons. The largest absolute Gasteiger partial charge is 0.497 e. The Morgan fingerprint density at radius 2 is 2.05 bits per heavy atom. The lowest BCUT2D eigenvalue weighted by atomic mass is 10.1. The van der Waals surface area contributed by atoms with Crippen molar-refractivity contribution in [2.45, 2.75) is 32.9 Å². The molecule has 1 aromatic rings. The zero-order chi connectivity index (χ0) is 13.7. The Balaban J connectivity index is 2.01. The minimum absolute atomic E-state index is 0.685. The maximum absolute atomic E-state index is 5.21. The summed E-state index contributed by atoms with van der Waals surface area (Å²) in [6, 6.07) is 9.14. The molecule has 1 atom stereocenters. The summed E-state index contributed by atoms with van der Waals surface area (Å²) in [4.78, 5) is 2.62. The van der Waals surface area contributed by atoms with Crippen molar-refractivity contribution in [1.82, 2.24) is 10.2 Å². The summed E-state index contributed by atoms with van der Waals surface area (Å²) in [5.74, 6) is 1.64. The normalized spacial score (nSPS) is 19.3. The first-order chi connectivity index (χ1) is 9.19. The quantitative estimate of drug-likeness (QED) is 0.852. The van der Waals surface area contributed by atoms with Gasteiger partial charge in [-0.2, -0.15) is 0 Å². The van der Waals surface area contributed by atoms with Crippen LogP contribution in [0.25, 0.3) is 0 Å². The Kier molecular flexibility index (Phi) is 5.23. The second kappa shape index (κ2) is 6.92. The van der Waals surface area contributed by atoms with Crippen LogP contribution in [0.1, 0.15) is 25.8 Å². The number of hydrogen-bond donors (Lipinski definition) is 1. The van der Waals surface area contributed by atoms with Gasteiger partial charge in [0.25, 0.3) is 0 Å². The van der Waals surface area contributed by atoms with E-state index in [4.69, 9.17) is 4.74 Å². The van der Waals surface area contributed by atoms with Crippen LogP contribution in [0.2, 0.25) is 0 Å². The highest BCUT2D eigenvalue weighted by molar-refractivity contribution is 5.27. The van der Waals surface area contributed by atoms with Gasteiger partial charge in [-0.05, 0) is 36.6 Å². The molecule has 1 heterocycles. The molecule has 1 aliphatic rings. The predicted octanol–water partition coefficient (Wildman–Crippen LogP) is 2.52. The van der Waals surface area contributed by atoms with Crippen LogP contribution in [0, 0.1) is 5.92 Å². The highest BCUT2D eigenvalue weighted by atomic mass is 16.5. The topological polar surface area (TPSA) is 24.5 Å². The Labute approximate surface area is 116 Å². The van der Waals surface area contributed by atoms with E-state index in [1.807, 2.05) is 0 Å². The van der Waals surface area contributed by atoms with Crippen LogP contribution in [0.15, 0.2) is 24.3 Å². The number of nitrogens with zero attached hydrogens (tertiary/aromatic N) is 1. The van der Waals surface area contributed by atoms with E-state index in [9.17, 15) is 0 Å². The first kappa shape index (κ1) is 14.4. The van der Waals surface area contributed by atoms with Crippen LogP contribution in [0.3, 0.4) is 0 Å². The molecule has 1 unspecified atom stereocenters. The maximum atomic E-state index is 5.21. The molecule has 2 rings (SSSR count). The number of ether oxygens (including phenoxy) is 1. The van der Waals surface area contributed by atoms with Gasteiger partial charge in [0.2, 0.25) is 0 Å². The van der Waals surface area contributed by atoms with E-state index in [1.165, 1.54) is 18.5 Å². The van der Waals surface area contributed by atoms with Crippen molar-refractivity contribution in [3.8, 4) is 5.75 Å². The van der Waals surface area contributed by atoms with Gasteiger partial charge < -0.3 is 10.1 Å². The molecule has 0 amide bonds. The van der Waals surface area contributed by atoms with Crippen LogP contribution in [-0.4, -0.2) is 37.7 Å². The van der Waals surface area contributed by atoms with E-state index in [2.05, 4.69) is 48.3 Å². The van der Waals surface area contributed by atoms with Gasteiger partial charge in [0, 0.05) is 25.7 Å². The van der Waals surface area contributed by atoms with Crippen molar-refractivity contribution in [3.63, 3.8) is 0 Å². The summed E-state index contributed by atoms with van der Waals surface area (Å²) in [6.45, 7) is 9.07. The fourth-order valence-electron chi connectivity index (χ4n) is 2.73. The molecule has 3 heteroatoms. The van der Waals surface area contributed by atoms with Gasteiger partial charge in [-0.25, -0.2) is 0 Å². The van der Waals surface area contributed by atoms with E-state index in [0.29, 0.717) is 12.0 Å². The first-order valence-corrected chi connectivity index (χ1v) is 7.26. The van der Waals surface area contributed by atoms with Crippen LogP contribution >= 0.6 is 0 Å². The molecule has 1 N–H and O–H groups in total. The molecule has 0 aromatic heterocycles. The van der Waals surface area contributed by atoms with Crippen LogP contribution in [0.4, 0.5) is 0 Å². The standard InChI is InChI=1S/C16H26N2O/c1-13(2)11-18(15-8-9-17-10-15)12-14-4-6-16(19-3)7-5-14/h4-7,13,15,17H,8-12H2,1-3H3. The maximum Gasteiger partial charge on any atom is 0.118 e. The van der Waals surface area contributed by atoms with E-state index < -0.39 is 0 Å². The summed E-state index contributed by atoms with van der Waals surface area (Å²) >= 11 is 0. The SMILES string of the molecule is COc1ccc(CN(CC(C)C)C2CCNC2)cc1. The molecular weight excluding hydrogens is 236 g/mol. The van der Waals surface area contributed by atoms with Crippen molar-refractivity contribution < 1.29 is 4.74 Å². The highest BCUT2D eigenvalue weighted by Crippen LogP contribution is 2.17. The third-order valence-electron chi connectivity index (χ3n) is 3.70. The number of rotatable bonds is 6. The fourth-order valence-corrected chi connectivity index (χ4v) is 2.73. The first-order valence-electron chi connectivity index (χ1n) is 7.26. The number of nitrogens with one attached hydrogen (secondary N) is 1. The smallest absolute Gasteiger partial charge is 0.118 e. The van der Waals surface area contributed by atoms with E-state index in [0.717, 1.165) is 25.4 Å². The van der Waals surface area contributed by atoms with Crippen molar-refractivity contribution in [3.05, 3.63) is 29.8 Å². The Bertz CT molecular complexity index is 369. The van der Waals surface area contributed by atoms with Crippen LogP contribution < -0.4 is 10.1 Å². The van der Waals surface area contributed by atoms with Crippen molar-refractivity contribution in [1.29, 1.82) is 0 Å². The van der Waals surface area contributed by atoms with Crippen LogP contribution in [-0.2, 0) is 6.54 Å². The average Bonchev–Trinajstić information content (AvgIpc) is 2.92. The molecule has 3 nitrogen and oxygen atoms in total. The second-order valence-electron chi connectivity index (χ2n) is 5.82. The number of benzene rings is 1. The van der Waals surface area contributed by atoms with Gasteiger partial charge in [-0.15, -0.1) is 0 Å². The Morgan fingerprint density at radius 3 is 2.58 bits per heavy atom. The zero-order valence-corrected chi connectivity index (χ0v) is 12.4. The summed E-state index contributed by atoms with van der Waals surface area (Å²) in [5, 5.41) is 3.47. The summed E-state index contributed by atoms with van der Waals surface area (Å²) in [6.07, 6.45) is 1.27. The zero-order valence-electron chi connectivity index (χ0n) is 12.4. The van der Waals surface area contributed by atoms with Crippen LogP contribution in [0.5, 0.6) is 5.75 Å². The Morgan fingerprint density at radius 1 is 1.32 bits per heavy atom. The second-order valence-corrected chi connectivity index (χ2v) is 5.82. The molecule has 0 spiro atoms. The fraction of sp³-hybridized carbons (Fsp3) is 0.625. The molecule has 0 saturated carbocycles. The highest BCUT2D eigenvalue weighted by Gasteiger charge is 2.22. The average molecular weight is 262 g/mol. The lowest BCUT2D eigenvalue weighted by Crippen LogP contribution is -2.38. The lowest BCUT2D eigenvalue weighted by molar-refractivity contribution is 0.177. The Hall–Kier alpha value is -1.06. The molecule has 1 aromatic carbocycles. The molecule has 0 radical (unpaired) electrons. The molecule has 19 heavy (non-hydrogen) atoms. The minimum atomic E-state index is 0.685. The van der Waals surface area contributed by atoms with E-state index in [1.54, 1.807) is 7.11 Å². The van der Waals surface area contributed by atoms with E-state index >= 15 is 0 Å². The van der Waals surface area contributed by atoms with E-state index in [-0.39, 0.29) is 0 Å². The molecule has 1 aliphatic heterocycles. The summed E-state index contributed by atoms with van der Waals surface area (Å²) in [7, 11) is 1.71. The molecule has 0 aliphatic carbocycles. The number of hydrogen-bond acceptors (Lipinski definition) is 3.